The smallest absolute Gasteiger partial charge is 0.319 e. The fourth-order valence-electron chi connectivity index (χ4n) is 3.79. The lowest BCUT2D eigenvalue weighted by atomic mass is 10.1. The second-order valence-electron chi connectivity index (χ2n) is 7.69. The molecule has 1 aliphatic rings. The lowest BCUT2D eigenvalue weighted by Crippen LogP contribution is -2.51. The lowest BCUT2D eigenvalue weighted by Gasteiger charge is -2.36. The molecule has 10 nitrogen and oxygen atoms in total. The maximum absolute atomic E-state index is 12.3. The van der Waals surface area contributed by atoms with Crippen LogP contribution in [0.4, 0.5) is 16.6 Å². The average molecular weight is 438 g/mol. The minimum absolute atomic E-state index is 0.00516. The molecule has 0 radical (unpaired) electrons. The van der Waals surface area contributed by atoms with Gasteiger partial charge in [-0.3, -0.25) is 0 Å². The van der Waals surface area contributed by atoms with E-state index in [9.17, 15) is 4.79 Å². The van der Waals surface area contributed by atoms with Crippen LogP contribution in [-0.4, -0.2) is 85.3 Å². The molecule has 4 rings (SSSR count). The highest BCUT2D eigenvalue weighted by atomic mass is 16.5. The van der Waals surface area contributed by atoms with Crippen molar-refractivity contribution in [1.29, 1.82) is 0 Å². The van der Waals surface area contributed by atoms with E-state index >= 15 is 0 Å². The lowest BCUT2D eigenvalue weighted by molar-refractivity contribution is 0.168. The predicted molar refractivity (Wildman–Crippen MR) is 123 cm³/mol. The molecular weight excluding hydrogens is 410 g/mol. The minimum Gasteiger partial charge on any atom is -0.493 e. The van der Waals surface area contributed by atoms with E-state index in [1.807, 2.05) is 35.2 Å². The summed E-state index contributed by atoms with van der Waals surface area (Å²) in [5.74, 6) is 2.15. The van der Waals surface area contributed by atoms with E-state index in [0.29, 0.717) is 54.5 Å². The van der Waals surface area contributed by atoms with Gasteiger partial charge in [-0.15, -0.1) is 0 Å². The molecule has 0 bridgehead atoms. The van der Waals surface area contributed by atoms with Crippen LogP contribution < -0.4 is 20.1 Å². The fraction of sp³-hybridized carbons (Fsp3) is 0.364. The van der Waals surface area contributed by atoms with E-state index < -0.39 is 0 Å². The summed E-state index contributed by atoms with van der Waals surface area (Å²) in [5, 5.41) is 0. The van der Waals surface area contributed by atoms with Crippen molar-refractivity contribution >= 4 is 28.8 Å². The van der Waals surface area contributed by atoms with Gasteiger partial charge in [0.1, 0.15) is 5.52 Å². The molecule has 10 heteroatoms. The minimum atomic E-state index is 0.00516. The quantitative estimate of drug-likeness (QED) is 0.661. The van der Waals surface area contributed by atoms with Gasteiger partial charge in [-0.2, -0.15) is 4.98 Å². The van der Waals surface area contributed by atoms with Gasteiger partial charge in [0, 0.05) is 45.8 Å². The molecule has 3 heterocycles. The number of ether oxygens (including phenoxy) is 2. The Labute approximate surface area is 186 Å². The number of carbonyl (C=O) groups excluding carboxylic acids is 1. The maximum Gasteiger partial charge on any atom is 0.319 e. The Morgan fingerprint density at radius 1 is 0.969 bits per heavy atom. The normalized spacial score (nSPS) is 13.9. The van der Waals surface area contributed by atoms with Crippen LogP contribution in [0.25, 0.3) is 22.3 Å². The van der Waals surface area contributed by atoms with E-state index in [1.165, 1.54) is 0 Å². The van der Waals surface area contributed by atoms with Crippen LogP contribution in [0, 0.1) is 0 Å². The molecule has 0 spiro atoms. The van der Waals surface area contributed by atoms with Gasteiger partial charge in [-0.1, -0.05) is 0 Å². The van der Waals surface area contributed by atoms with Crippen LogP contribution >= 0.6 is 0 Å². The molecule has 0 aliphatic carbocycles. The summed E-state index contributed by atoms with van der Waals surface area (Å²) in [5.41, 5.74) is 8.96. The highest BCUT2D eigenvalue weighted by molar-refractivity contribution is 5.89. The Morgan fingerprint density at radius 2 is 1.69 bits per heavy atom. The van der Waals surface area contributed by atoms with Gasteiger partial charge in [0.15, 0.2) is 17.3 Å². The molecule has 1 aliphatic heterocycles. The van der Waals surface area contributed by atoms with E-state index in [2.05, 4.69) is 14.9 Å². The first-order valence-corrected chi connectivity index (χ1v) is 10.3. The molecule has 0 unspecified atom stereocenters. The number of amides is 2. The summed E-state index contributed by atoms with van der Waals surface area (Å²) in [7, 11) is 6.72. The molecule has 1 saturated heterocycles. The van der Waals surface area contributed by atoms with Crippen molar-refractivity contribution in [3.63, 3.8) is 0 Å². The Kier molecular flexibility index (Phi) is 5.85. The number of aromatic nitrogens is 3. The van der Waals surface area contributed by atoms with E-state index in [1.54, 1.807) is 33.2 Å². The number of hydrogen-bond acceptors (Lipinski definition) is 8. The molecule has 2 amide bonds. The van der Waals surface area contributed by atoms with Crippen molar-refractivity contribution < 1.29 is 14.3 Å². The third-order valence-corrected chi connectivity index (χ3v) is 5.45. The predicted octanol–water partition coefficient (Wildman–Crippen LogP) is 2.09. The van der Waals surface area contributed by atoms with Crippen molar-refractivity contribution in [2.45, 2.75) is 0 Å². The number of urea groups is 1. The van der Waals surface area contributed by atoms with Gasteiger partial charge in [-0.05, 0) is 30.3 Å². The number of fused-ring (bicyclic) bond motifs is 1. The van der Waals surface area contributed by atoms with E-state index in [4.69, 9.17) is 20.2 Å². The van der Waals surface area contributed by atoms with Crippen molar-refractivity contribution in [2.24, 2.45) is 0 Å². The van der Waals surface area contributed by atoms with Gasteiger partial charge in [0.2, 0.25) is 5.95 Å². The average Bonchev–Trinajstić information content (AvgIpc) is 2.82. The number of rotatable bonds is 4. The molecule has 1 fully saturated rings. The van der Waals surface area contributed by atoms with Crippen LogP contribution in [0.3, 0.4) is 0 Å². The molecule has 2 N–H and O–H groups in total. The van der Waals surface area contributed by atoms with Gasteiger partial charge in [0.05, 0.1) is 25.4 Å². The molecule has 32 heavy (non-hydrogen) atoms. The second kappa shape index (κ2) is 8.74. The molecule has 168 valence electrons. The first-order valence-electron chi connectivity index (χ1n) is 10.3. The van der Waals surface area contributed by atoms with Crippen molar-refractivity contribution in [2.75, 3.05) is 65.1 Å². The number of hydrogen-bond donors (Lipinski definition) is 1. The van der Waals surface area contributed by atoms with Crippen molar-refractivity contribution in [1.82, 2.24) is 24.8 Å². The number of piperazine rings is 1. The van der Waals surface area contributed by atoms with Crippen molar-refractivity contribution in [3.8, 4) is 22.8 Å². The van der Waals surface area contributed by atoms with Crippen LogP contribution in [0.5, 0.6) is 11.5 Å². The molecule has 3 aromatic rings. The molecule has 0 saturated carbocycles. The molecule has 1 aromatic carbocycles. The first kappa shape index (κ1) is 21.4. The highest BCUT2D eigenvalue weighted by Gasteiger charge is 2.25. The van der Waals surface area contributed by atoms with E-state index in [-0.39, 0.29) is 12.0 Å². The number of benzene rings is 1. The Bertz CT molecular complexity index is 1140. The zero-order valence-electron chi connectivity index (χ0n) is 18.7. The Hall–Kier alpha value is -3.82. The van der Waals surface area contributed by atoms with E-state index in [0.717, 1.165) is 11.3 Å². The molecule has 0 atom stereocenters. The summed E-state index contributed by atoms with van der Waals surface area (Å²) in [4.78, 5) is 31.5. The maximum atomic E-state index is 12.3. The van der Waals surface area contributed by atoms with Crippen LogP contribution in [0.1, 0.15) is 0 Å². The number of pyridine rings is 1. The Balaban J connectivity index is 1.69. The van der Waals surface area contributed by atoms with Gasteiger partial charge in [0.25, 0.3) is 0 Å². The molecule has 2 aromatic heterocycles. The summed E-state index contributed by atoms with van der Waals surface area (Å²) in [6.45, 7) is 2.45. The summed E-state index contributed by atoms with van der Waals surface area (Å²) in [6, 6.07) is 9.46. The van der Waals surface area contributed by atoms with Crippen LogP contribution in [0.2, 0.25) is 0 Å². The van der Waals surface area contributed by atoms with Gasteiger partial charge in [-0.25, -0.2) is 14.8 Å². The van der Waals surface area contributed by atoms with Crippen LogP contribution in [0.15, 0.2) is 30.3 Å². The number of nitrogens with two attached hydrogens (primary N) is 1. The SMILES string of the molecule is COc1ccc(-c2ccc3nc(N)nc(N4CCN(C(=O)N(C)C)CC4)c3n2)cc1OC. The molecular formula is C22H27N7O3. The number of nitrogens with zero attached hydrogens (tertiary/aromatic N) is 6. The third kappa shape index (κ3) is 4.03. The number of anilines is 2. The standard InChI is InChI=1S/C22H27N7O3/c1-27(2)22(30)29-11-9-28(10-12-29)20-19-16(25-21(23)26-20)7-6-15(24-19)14-5-8-17(31-3)18(13-14)32-4/h5-8,13H,9-12H2,1-4H3,(H2,23,25,26). The topological polar surface area (TPSA) is 110 Å². The second-order valence-corrected chi connectivity index (χ2v) is 7.69. The summed E-state index contributed by atoms with van der Waals surface area (Å²) < 4.78 is 10.8. The number of nitrogen functional groups attached to an aromatic ring is 1. The van der Waals surface area contributed by atoms with Gasteiger partial charge >= 0.3 is 6.03 Å². The number of methoxy groups -OCH3 is 2. The zero-order chi connectivity index (χ0) is 22.8. The third-order valence-electron chi connectivity index (χ3n) is 5.45. The first-order chi connectivity index (χ1) is 15.4. The fourth-order valence-corrected chi connectivity index (χ4v) is 3.79. The summed E-state index contributed by atoms with van der Waals surface area (Å²) in [6.07, 6.45) is 0. The number of carbonyl (C=O) groups is 1. The summed E-state index contributed by atoms with van der Waals surface area (Å²) >= 11 is 0. The monoisotopic (exact) mass is 437 g/mol. The Morgan fingerprint density at radius 3 is 2.34 bits per heavy atom. The largest absolute Gasteiger partial charge is 0.493 e. The van der Waals surface area contributed by atoms with Crippen LogP contribution in [-0.2, 0) is 0 Å². The van der Waals surface area contributed by atoms with Gasteiger partial charge < -0.3 is 29.9 Å². The zero-order valence-corrected chi connectivity index (χ0v) is 18.7. The van der Waals surface area contributed by atoms with Crippen molar-refractivity contribution in [3.05, 3.63) is 30.3 Å². The highest BCUT2D eigenvalue weighted by Crippen LogP contribution is 2.33.